The molecule has 0 bridgehead atoms. The first-order valence-corrected chi connectivity index (χ1v) is 10.0. The molecule has 2 rings (SSSR count). The van der Waals surface area contributed by atoms with Crippen molar-refractivity contribution in [1.29, 1.82) is 5.26 Å². The molecule has 0 aliphatic rings. The fraction of sp³-hybridized carbons (Fsp3) is 0.263. The first-order chi connectivity index (χ1) is 13.0. The van der Waals surface area contributed by atoms with Gasteiger partial charge in [0.15, 0.2) is 0 Å². The smallest absolute Gasteiger partial charge is 0.342 e. The highest BCUT2D eigenvalue weighted by Crippen LogP contribution is 2.43. The number of nitriles is 1. The fourth-order valence-electron chi connectivity index (χ4n) is 2.25. The molecule has 2 aromatic rings. The number of esters is 1. The second-order valence-electron chi connectivity index (χ2n) is 5.77. The summed E-state index contributed by atoms with van der Waals surface area (Å²) in [5.41, 5.74) is 1.22. The third-order valence-electron chi connectivity index (χ3n) is 3.48. The lowest BCUT2D eigenvalue weighted by Gasteiger charge is -2.23. The van der Waals surface area contributed by atoms with E-state index in [4.69, 9.17) is 19.3 Å². The quantitative estimate of drug-likeness (QED) is 0.519. The second kappa shape index (κ2) is 9.89. The minimum Gasteiger partial charge on any atom is -0.460 e. The summed E-state index contributed by atoms with van der Waals surface area (Å²) in [4.78, 5) is 12.2. The molecule has 2 atom stereocenters. The van der Waals surface area contributed by atoms with Crippen LogP contribution in [0.15, 0.2) is 54.6 Å². The molecular weight excluding hydrogens is 367 g/mol. The first-order valence-electron chi connectivity index (χ1n) is 8.22. The molecule has 0 aliphatic heterocycles. The number of hydrogen-bond donors (Lipinski definition) is 1. The van der Waals surface area contributed by atoms with Crippen LogP contribution in [0.25, 0.3) is 0 Å². The van der Waals surface area contributed by atoms with Crippen molar-refractivity contribution in [3.05, 3.63) is 65.7 Å². The summed E-state index contributed by atoms with van der Waals surface area (Å²) in [6.45, 7) is 1.65. The van der Waals surface area contributed by atoms with Crippen molar-refractivity contribution < 1.29 is 23.4 Å². The monoisotopic (exact) mass is 388 g/mol. The number of nitrogens with zero attached hydrogens (tertiary/aromatic N) is 1. The molecule has 142 valence electrons. The van der Waals surface area contributed by atoms with Gasteiger partial charge >= 0.3 is 13.5 Å². The molecule has 1 unspecified atom stereocenters. The van der Waals surface area contributed by atoms with Crippen molar-refractivity contribution in [1.82, 2.24) is 5.09 Å². The summed E-state index contributed by atoms with van der Waals surface area (Å²) in [6.07, 6.45) is -0.250. The Morgan fingerprint density at radius 3 is 2.63 bits per heavy atom. The van der Waals surface area contributed by atoms with Crippen LogP contribution in [0.3, 0.4) is 0 Å². The fourth-order valence-corrected chi connectivity index (χ4v) is 3.92. The average Bonchev–Trinajstić information content (AvgIpc) is 2.67. The van der Waals surface area contributed by atoms with E-state index in [0.717, 1.165) is 5.56 Å². The van der Waals surface area contributed by atoms with Crippen LogP contribution in [0.1, 0.15) is 18.1 Å². The van der Waals surface area contributed by atoms with Gasteiger partial charge in [-0.2, -0.15) is 5.26 Å². The molecular formula is C19H21N2O5P. The van der Waals surface area contributed by atoms with Gasteiger partial charge in [-0.05, 0) is 30.7 Å². The summed E-state index contributed by atoms with van der Waals surface area (Å²) >= 11 is 0. The molecule has 0 amide bonds. The minimum atomic E-state index is -3.56. The lowest BCUT2D eigenvalue weighted by molar-refractivity contribution is -0.146. The minimum absolute atomic E-state index is 0.116. The van der Waals surface area contributed by atoms with Gasteiger partial charge in [0.05, 0.1) is 11.6 Å². The highest BCUT2D eigenvalue weighted by molar-refractivity contribution is 7.57. The van der Waals surface area contributed by atoms with Gasteiger partial charge in [-0.3, -0.25) is 9.36 Å². The van der Waals surface area contributed by atoms with Gasteiger partial charge in [-0.25, -0.2) is 5.09 Å². The maximum atomic E-state index is 13.0. The van der Waals surface area contributed by atoms with Gasteiger partial charge in [-0.15, -0.1) is 0 Å². The van der Waals surface area contributed by atoms with Crippen LogP contribution in [0.5, 0.6) is 5.75 Å². The predicted molar refractivity (Wildman–Crippen MR) is 100 cm³/mol. The van der Waals surface area contributed by atoms with E-state index in [9.17, 15) is 9.36 Å². The molecule has 0 saturated heterocycles. The topological polar surface area (TPSA) is 97.7 Å². The molecule has 0 saturated carbocycles. The van der Waals surface area contributed by atoms with Crippen LogP contribution in [0, 0.1) is 11.3 Å². The third kappa shape index (κ3) is 6.54. The Morgan fingerprint density at radius 1 is 1.22 bits per heavy atom. The zero-order valence-electron chi connectivity index (χ0n) is 15.1. The summed E-state index contributed by atoms with van der Waals surface area (Å²) in [7, 11) is -2.18. The van der Waals surface area contributed by atoms with Crippen LogP contribution < -0.4 is 9.61 Å². The Morgan fingerprint density at radius 2 is 1.96 bits per heavy atom. The van der Waals surface area contributed by atoms with E-state index >= 15 is 0 Å². The number of hydrogen-bond acceptors (Lipinski definition) is 6. The maximum absolute atomic E-state index is 13.0. The van der Waals surface area contributed by atoms with Crippen LogP contribution in [-0.4, -0.2) is 25.5 Å². The molecule has 2 aromatic carbocycles. The number of carbonyl (C=O) groups excluding carboxylic acids is 1. The molecule has 8 heteroatoms. The lowest BCUT2D eigenvalue weighted by Crippen LogP contribution is -2.35. The van der Waals surface area contributed by atoms with Gasteiger partial charge in [0.1, 0.15) is 24.7 Å². The molecule has 0 aliphatic carbocycles. The van der Waals surface area contributed by atoms with E-state index in [0.29, 0.717) is 5.56 Å². The number of ether oxygens (including phenoxy) is 2. The average molecular weight is 388 g/mol. The predicted octanol–water partition coefficient (Wildman–Crippen LogP) is 3.46. The Kier molecular flexibility index (Phi) is 7.56. The van der Waals surface area contributed by atoms with Crippen molar-refractivity contribution in [2.24, 2.45) is 0 Å². The number of methoxy groups -OCH3 is 1. The van der Waals surface area contributed by atoms with Crippen LogP contribution >= 0.6 is 7.52 Å². The summed E-state index contributed by atoms with van der Waals surface area (Å²) in [6, 6.07) is 16.6. The van der Waals surface area contributed by atoms with Gasteiger partial charge in [-0.1, -0.05) is 36.4 Å². The summed E-state index contributed by atoms with van der Waals surface area (Å²) < 4.78 is 28.8. The first kappa shape index (κ1) is 20.7. The second-order valence-corrected chi connectivity index (χ2v) is 7.81. The summed E-state index contributed by atoms with van der Waals surface area (Å²) in [5, 5.41) is 11.6. The van der Waals surface area contributed by atoms with E-state index in [2.05, 4.69) is 5.09 Å². The largest absolute Gasteiger partial charge is 0.460 e. The Balaban J connectivity index is 2.01. The summed E-state index contributed by atoms with van der Waals surface area (Å²) in [5.74, 6) is -0.323. The molecule has 0 fully saturated rings. The van der Waals surface area contributed by atoms with Gasteiger partial charge < -0.3 is 14.0 Å². The van der Waals surface area contributed by atoms with Crippen molar-refractivity contribution in [2.45, 2.75) is 19.6 Å². The van der Waals surface area contributed by atoms with E-state index in [1.165, 1.54) is 20.1 Å². The number of carbonyl (C=O) groups is 1. The molecule has 0 heterocycles. The van der Waals surface area contributed by atoms with Crippen molar-refractivity contribution in [3.8, 4) is 11.8 Å². The van der Waals surface area contributed by atoms with Crippen LogP contribution in [0.4, 0.5) is 0 Å². The highest BCUT2D eigenvalue weighted by atomic mass is 31.2. The lowest BCUT2D eigenvalue weighted by atomic mass is 10.2. The normalized spacial score (nSPS) is 13.8. The van der Waals surface area contributed by atoms with E-state index in [-0.39, 0.29) is 18.7 Å². The number of rotatable bonds is 9. The van der Waals surface area contributed by atoms with Gasteiger partial charge in [0, 0.05) is 7.11 Å². The molecule has 1 N–H and O–H groups in total. The SMILES string of the molecule is COCP(=O)(N[C@@H](C)C(=O)OCc1ccccc1)Oc1cccc(C#N)c1. The standard InChI is InChI=1S/C19H21N2O5P/c1-15(19(22)25-13-16-7-4-3-5-8-16)21-27(23,14-24-2)26-18-10-6-9-17(11-18)12-20/h3-11,15H,13-14H2,1-2H3,(H,21,23)/t15-,27?/m0/s1. The molecule has 27 heavy (non-hydrogen) atoms. The van der Waals surface area contributed by atoms with E-state index in [1.807, 2.05) is 36.4 Å². The Hall–Kier alpha value is -2.65. The van der Waals surface area contributed by atoms with Crippen molar-refractivity contribution >= 4 is 13.5 Å². The number of benzene rings is 2. The van der Waals surface area contributed by atoms with Crippen LogP contribution in [0.2, 0.25) is 0 Å². The Labute approximate surface area is 158 Å². The molecule has 0 spiro atoms. The van der Waals surface area contributed by atoms with E-state index in [1.54, 1.807) is 18.2 Å². The van der Waals surface area contributed by atoms with E-state index < -0.39 is 19.5 Å². The maximum Gasteiger partial charge on any atom is 0.342 e. The number of nitrogens with one attached hydrogen (secondary N) is 1. The van der Waals surface area contributed by atoms with Gasteiger partial charge in [0.2, 0.25) is 0 Å². The van der Waals surface area contributed by atoms with Crippen LogP contribution in [-0.2, 0) is 25.4 Å². The molecule has 0 radical (unpaired) electrons. The molecule has 0 aromatic heterocycles. The van der Waals surface area contributed by atoms with Gasteiger partial charge in [0.25, 0.3) is 0 Å². The van der Waals surface area contributed by atoms with Crippen molar-refractivity contribution in [3.63, 3.8) is 0 Å². The van der Waals surface area contributed by atoms with Crippen molar-refractivity contribution in [2.75, 3.05) is 13.5 Å². The third-order valence-corrected chi connectivity index (χ3v) is 5.37. The molecule has 7 nitrogen and oxygen atoms in total. The Bertz CT molecular complexity index is 851. The zero-order chi connectivity index (χ0) is 19.7. The highest BCUT2D eigenvalue weighted by Gasteiger charge is 2.30. The zero-order valence-corrected chi connectivity index (χ0v) is 16.0.